The summed E-state index contributed by atoms with van der Waals surface area (Å²) in [5.41, 5.74) is 1.23. The zero-order valence-corrected chi connectivity index (χ0v) is 8.58. The molecule has 0 saturated carbocycles. The fraction of sp³-hybridized carbons (Fsp3) is 0.0909. The van der Waals surface area contributed by atoms with Crippen LogP contribution in [0.3, 0.4) is 0 Å². The van der Waals surface area contributed by atoms with E-state index < -0.39 is 5.97 Å². The third-order valence-electron chi connectivity index (χ3n) is 2.09. The smallest absolute Gasteiger partial charge is 0.339 e. The van der Waals surface area contributed by atoms with Crippen LogP contribution in [0.2, 0.25) is 0 Å². The Bertz CT molecular complexity index is 526. The normalized spacial score (nSPS) is 10.1. The Hall–Kier alpha value is -2.30. The molecule has 0 bridgehead atoms. The third kappa shape index (κ3) is 1.88. The van der Waals surface area contributed by atoms with E-state index in [1.165, 1.54) is 6.20 Å². The van der Waals surface area contributed by atoms with Crippen LogP contribution in [0, 0.1) is 6.92 Å². The van der Waals surface area contributed by atoms with Crippen molar-refractivity contribution in [1.29, 1.82) is 0 Å². The molecule has 5 heteroatoms. The second-order valence-electron chi connectivity index (χ2n) is 3.22. The first kappa shape index (κ1) is 10.2. The van der Waals surface area contributed by atoms with Gasteiger partial charge in [-0.05, 0) is 19.1 Å². The van der Waals surface area contributed by atoms with Gasteiger partial charge in [-0.25, -0.2) is 14.8 Å². The van der Waals surface area contributed by atoms with Gasteiger partial charge in [0.1, 0.15) is 11.4 Å². The van der Waals surface area contributed by atoms with Gasteiger partial charge < -0.3 is 5.11 Å². The fourth-order valence-corrected chi connectivity index (χ4v) is 1.36. The molecule has 80 valence electrons. The van der Waals surface area contributed by atoms with Crippen molar-refractivity contribution in [3.63, 3.8) is 0 Å². The Labute approximate surface area is 91.8 Å². The van der Waals surface area contributed by atoms with Crippen LogP contribution >= 0.6 is 0 Å². The van der Waals surface area contributed by atoms with Crippen molar-refractivity contribution >= 4 is 5.97 Å². The minimum Gasteiger partial charge on any atom is -0.478 e. The summed E-state index contributed by atoms with van der Waals surface area (Å²) in [7, 11) is 0. The second-order valence-corrected chi connectivity index (χ2v) is 3.22. The molecule has 0 aliphatic heterocycles. The summed E-state index contributed by atoms with van der Waals surface area (Å²) < 4.78 is 0. The third-order valence-corrected chi connectivity index (χ3v) is 2.09. The molecule has 2 aromatic heterocycles. The van der Waals surface area contributed by atoms with E-state index in [2.05, 4.69) is 15.0 Å². The van der Waals surface area contributed by atoms with Crippen LogP contribution < -0.4 is 0 Å². The molecule has 0 radical (unpaired) electrons. The van der Waals surface area contributed by atoms with E-state index in [0.717, 1.165) is 5.56 Å². The van der Waals surface area contributed by atoms with Crippen molar-refractivity contribution in [3.05, 3.63) is 42.1 Å². The molecule has 1 N–H and O–H groups in total. The second kappa shape index (κ2) is 4.06. The molecule has 0 amide bonds. The predicted octanol–water partition coefficient (Wildman–Crippen LogP) is 1.55. The van der Waals surface area contributed by atoms with Crippen LogP contribution in [0.25, 0.3) is 11.3 Å². The number of nitrogens with zero attached hydrogens (tertiary/aromatic N) is 3. The maximum absolute atomic E-state index is 11.0. The molecule has 0 aliphatic rings. The SMILES string of the molecule is Cc1ncc(C(=O)O)c(-c2ccncc2)n1. The number of aromatic nitrogens is 3. The number of pyridine rings is 1. The molecule has 0 fully saturated rings. The molecule has 0 atom stereocenters. The largest absolute Gasteiger partial charge is 0.478 e. The summed E-state index contributed by atoms with van der Waals surface area (Å²) in [6.45, 7) is 1.72. The van der Waals surface area contributed by atoms with Crippen LogP contribution in [0.1, 0.15) is 16.2 Å². The Morgan fingerprint density at radius 2 is 2.00 bits per heavy atom. The van der Waals surface area contributed by atoms with E-state index in [1.807, 2.05) is 0 Å². The minimum atomic E-state index is -1.04. The molecule has 0 aliphatic carbocycles. The van der Waals surface area contributed by atoms with Gasteiger partial charge in [0.05, 0.1) is 5.69 Å². The average Bonchev–Trinajstić information content (AvgIpc) is 2.29. The van der Waals surface area contributed by atoms with Gasteiger partial charge in [0.25, 0.3) is 0 Å². The van der Waals surface area contributed by atoms with Gasteiger partial charge in [-0.3, -0.25) is 4.98 Å². The van der Waals surface area contributed by atoms with Gasteiger partial charge in [0.2, 0.25) is 0 Å². The number of rotatable bonds is 2. The van der Waals surface area contributed by atoms with Gasteiger partial charge >= 0.3 is 5.97 Å². The molecular weight excluding hydrogens is 206 g/mol. The standard InChI is InChI=1S/C11H9N3O2/c1-7-13-6-9(11(15)16)10(14-7)8-2-4-12-5-3-8/h2-6H,1H3,(H,15,16). The highest BCUT2D eigenvalue weighted by Gasteiger charge is 2.13. The number of aromatic carboxylic acids is 1. The van der Waals surface area contributed by atoms with Crippen molar-refractivity contribution in [2.24, 2.45) is 0 Å². The van der Waals surface area contributed by atoms with Crippen molar-refractivity contribution in [1.82, 2.24) is 15.0 Å². The zero-order valence-electron chi connectivity index (χ0n) is 8.58. The fourth-order valence-electron chi connectivity index (χ4n) is 1.36. The molecule has 2 rings (SSSR count). The van der Waals surface area contributed by atoms with E-state index in [9.17, 15) is 4.79 Å². The first-order valence-corrected chi connectivity index (χ1v) is 4.66. The summed E-state index contributed by atoms with van der Waals surface area (Å²) >= 11 is 0. The van der Waals surface area contributed by atoms with Gasteiger partial charge in [-0.15, -0.1) is 0 Å². The van der Waals surface area contributed by atoms with E-state index in [1.54, 1.807) is 31.5 Å². The molecular formula is C11H9N3O2. The molecule has 2 heterocycles. The van der Waals surface area contributed by atoms with Crippen molar-refractivity contribution in [2.75, 3.05) is 0 Å². The lowest BCUT2D eigenvalue weighted by Gasteiger charge is -2.05. The van der Waals surface area contributed by atoms with Crippen LogP contribution in [0.15, 0.2) is 30.7 Å². The summed E-state index contributed by atoms with van der Waals surface area (Å²) in [4.78, 5) is 22.9. The predicted molar refractivity (Wildman–Crippen MR) is 57.0 cm³/mol. The zero-order chi connectivity index (χ0) is 11.5. The highest BCUT2D eigenvalue weighted by molar-refractivity contribution is 5.94. The summed E-state index contributed by atoms with van der Waals surface area (Å²) in [5.74, 6) is -0.497. The molecule has 0 unspecified atom stereocenters. The van der Waals surface area contributed by atoms with Gasteiger partial charge in [-0.1, -0.05) is 0 Å². The Kier molecular flexibility index (Phi) is 2.59. The lowest BCUT2D eigenvalue weighted by atomic mass is 10.1. The van der Waals surface area contributed by atoms with Crippen LogP contribution in [0.4, 0.5) is 0 Å². The van der Waals surface area contributed by atoms with Crippen molar-refractivity contribution in [3.8, 4) is 11.3 Å². The highest BCUT2D eigenvalue weighted by Crippen LogP contribution is 2.20. The lowest BCUT2D eigenvalue weighted by Crippen LogP contribution is -2.04. The van der Waals surface area contributed by atoms with E-state index in [0.29, 0.717) is 11.5 Å². The van der Waals surface area contributed by atoms with Crippen LogP contribution in [-0.2, 0) is 0 Å². The first-order valence-electron chi connectivity index (χ1n) is 4.66. The minimum absolute atomic E-state index is 0.0943. The maximum atomic E-state index is 11.0. The number of carboxylic acid groups (broad SMARTS) is 1. The van der Waals surface area contributed by atoms with E-state index in [-0.39, 0.29) is 5.56 Å². The number of hydrogen-bond donors (Lipinski definition) is 1. The molecule has 0 saturated heterocycles. The molecule has 16 heavy (non-hydrogen) atoms. The Morgan fingerprint density at radius 1 is 1.31 bits per heavy atom. The number of carboxylic acids is 1. The number of hydrogen-bond acceptors (Lipinski definition) is 4. The van der Waals surface area contributed by atoms with Crippen LogP contribution in [0.5, 0.6) is 0 Å². The quantitative estimate of drug-likeness (QED) is 0.822. The number of aryl methyl sites for hydroxylation is 1. The van der Waals surface area contributed by atoms with E-state index in [4.69, 9.17) is 5.11 Å². The molecule has 5 nitrogen and oxygen atoms in total. The highest BCUT2D eigenvalue weighted by atomic mass is 16.4. The van der Waals surface area contributed by atoms with Gasteiger partial charge in [0, 0.05) is 24.2 Å². The first-order chi connectivity index (χ1) is 7.68. The van der Waals surface area contributed by atoms with Crippen LogP contribution in [-0.4, -0.2) is 26.0 Å². The summed E-state index contributed by atoms with van der Waals surface area (Å²) in [6, 6.07) is 3.43. The Balaban J connectivity index is 2.63. The lowest BCUT2D eigenvalue weighted by molar-refractivity contribution is 0.0697. The van der Waals surface area contributed by atoms with Crippen molar-refractivity contribution in [2.45, 2.75) is 6.92 Å². The average molecular weight is 215 g/mol. The van der Waals surface area contributed by atoms with Crippen molar-refractivity contribution < 1.29 is 9.90 Å². The molecule has 0 aromatic carbocycles. The van der Waals surface area contributed by atoms with Gasteiger partial charge in [-0.2, -0.15) is 0 Å². The molecule has 0 spiro atoms. The Morgan fingerprint density at radius 3 is 2.62 bits per heavy atom. The maximum Gasteiger partial charge on any atom is 0.339 e. The molecule has 2 aromatic rings. The van der Waals surface area contributed by atoms with E-state index >= 15 is 0 Å². The summed E-state index contributed by atoms with van der Waals surface area (Å²) in [5, 5.41) is 9.02. The number of carbonyl (C=O) groups is 1. The van der Waals surface area contributed by atoms with Gasteiger partial charge in [0.15, 0.2) is 0 Å². The monoisotopic (exact) mass is 215 g/mol. The topological polar surface area (TPSA) is 76.0 Å². The summed E-state index contributed by atoms with van der Waals surface area (Å²) in [6.07, 6.45) is 4.51.